The highest BCUT2D eigenvalue weighted by atomic mass is 19.1. The molecule has 10 heavy (non-hydrogen) atoms. The summed E-state index contributed by atoms with van der Waals surface area (Å²) in [6.07, 6.45) is 0.225. The van der Waals surface area contributed by atoms with Crippen molar-refractivity contribution < 1.29 is 13.9 Å². The molecule has 0 heterocycles. The van der Waals surface area contributed by atoms with E-state index < -0.39 is 12.1 Å². The fourth-order valence-corrected chi connectivity index (χ4v) is 0.974. The van der Waals surface area contributed by atoms with Crippen molar-refractivity contribution in [3.05, 3.63) is 0 Å². The molecule has 1 saturated carbocycles. The molecule has 0 amide bonds. The molecule has 2 nitrogen and oxygen atoms in total. The number of alkyl halides is 1. The zero-order valence-corrected chi connectivity index (χ0v) is 5.97. The first-order valence-corrected chi connectivity index (χ1v) is 3.56. The van der Waals surface area contributed by atoms with Crippen molar-refractivity contribution in [1.82, 2.24) is 0 Å². The second-order valence-electron chi connectivity index (χ2n) is 2.45. The van der Waals surface area contributed by atoms with E-state index in [0.29, 0.717) is 19.4 Å². The zero-order chi connectivity index (χ0) is 7.56. The summed E-state index contributed by atoms with van der Waals surface area (Å²) in [5, 5.41) is 0. The Labute approximate surface area is 59.4 Å². The van der Waals surface area contributed by atoms with Crippen LogP contribution in [0.4, 0.5) is 4.39 Å². The van der Waals surface area contributed by atoms with Gasteiger partial charge in [0, 0.05) is 0 Å². The number of esters is 1. The number of carbonyl (C=O) groups is 1. The molecular formula is C7H11FO2. The van der Waals surface area contributed by atoms with Crippen molar-refractivity contribution in [2.75, 3.05) is 6.61 Å². The highest BCUT2D eigenvalue weighted by Gasteiger charge is 2.37. The second kappa shape index (κ2) is 2.99. The predicted molar refractivity (Wildman–Crippen MR) is 34.3 cm³/mol. The van der Waals surface area contributed by atoms with Crippen LogP contribution in [0.25, 0.3) is 0 Å². The largest absolute Gasteiger partial charge is 0.466 e. The summed E-state index contributed by atoms with van der Waals surface area (Å²) in [4.78, 5) is 10.8. The molecule has 0 N–H and O–H groups in total. The minimum absolute atomic E-state index is 0.349. The molecule has 0 aromatic carbocycles. The Morgan fingerprint density at radius 3 is 2.70 bits per heavy atom. The first-order chi connectivity index (χ1) is 4.75. The Balaban J connectivity index is 2.27. The van der Waals surface area contributed by atoms with Crippen LogP contribution < -0.4 is 0 Å². The van der Waals surface area contributed by atoms with E-state index in [0.717, 1.165) is 0 Å². The van der Waals surface area contributed by atoms with Gasteiger partial charge < -0.3 is 4.74 Å². The lowest BCUT2D eigenvalue weighted by molar-refractivity contribution is -0.154. The Morgan fingerprint density at radius 2 is 2.40 bits per heavy atom. The molecule has 2 atom stereocenters. The second-order valence-corrected chi connectivity index (χ2v) is 2.45. The van der Waals surface area contributed by atoms with Gasteiger partial charge in [-0.15, -0.1) is 0 Å². The molecule has 0 spiro atoms. The summed E-state index contributed by atoms with van der Waals surface area (Å²) in [5.41, 5.74) is 0. The Kier molecular flexibility index (Phi) is 2.25. The Bertz CT molecular complexity index is 136. The third-order valence-electron chi connectivity index (χ3n) is 1.78. The Hall–Kier alpha value is -0.600. The van der Waals surface area contributed by atoms with Crippen molar-refractivity contribution in [1.29, 1.82) is 0 Å². The topological polar surface area (TPSA) is 26.3 Å². The molecule has 0 aromatic rings. The summed E-state index contributed by atoms with van der Waals surface area (Å²) in [7, 11) is 0. The molecule has 0 aromatic heterocycles. The summed E-state index contributed by atoms with van der Waals surface area (Å²) in [6, 6.07) is 0. The van der Waals surface area contributed by atoms with Gasteiger partial charge in [0.15, 0.2) is 0 Å². The monoisotopic (exact) mass is 146 g/mol. The van der Waals surface area contributed by atoms with Crippen LogP contribution in [0.2, 0.25) is 0 Å². The molecule has 1 fully saturated rings. The average molecular weight is 146 g/mol. The van der Waals surface area contributed by atoms with Gasteiger partial charge in [0.25, 0.3) is 0 Å². The molecule has 0 aliphatic heterocycles. The lowest BCUT2D eigenvalue weighted by Gasteiger charge is -2.27. The van der Waals surface area contributed by atoms with E-state index in [1.165, 1.54) is 0 Å². The van der Waals surface area contributed by atoms with Crippen LogP contribution in [-0.4, -0.2) is 18.7 Å². The van der Waals surface area contributed by atoms with Crippen LogP contribution in [0, 0.1) is 5.92 Å². The lowest BCUT2D eigenvalue weighted by atomic mass is 9.83. The van der Waals surface area contributed by atoms with Gasteiger partial charge in [-0.3, -0.25) is 4.79 Å². The highest BCUT2D eigenvalue weighted by Crippen LogP contribution is 2.31. The van der Waals surface area contributed by atoms with Crippen LogP contribution >= 0.6 is 0 Å². The van der Waals surface area contributed by atoms with Crippen LogP contribution in [-0.2, 0) is 9.53 Å². The summed E-state index contributed by atoms with van der Waals surface area (Å²) in [5.74, 6) is -0.832. The summed E-state index contributed by atoms with van der Waals surface area (Å²) in [6.45, 7) is 2.08. The van der Waals surface area contributed by atoms with Gasteiger partial charge in [-0.2, -0.15) is 0 Å². The minimum Gasteiger partial charge on any atom is -0.466 e. The third kappa shape index (κ3) is 1.28. The fourth-order valence-electron chi connectivity index (χ4n) is 0.974. The van der Waals surface area contributed by atoms with E-state index in [9.17, 15) is 9.18 Å². The van der Waals surface area contributed by atoms with Crippen LogP contribution in [0.3, 0.4) is 0 Å². The van der Waals surface area contributed by atoms with Crippen LogP contribution in [0.15, 0.2) is 0 Å². The number of ether oxygens (including phenoxy) is 1. The third-order valence-corrected chi connectivity index (χ3v) is 1.78. The highest BCUT2D eigenvalue weighted by molar-refractivity contribution is 5.74. The van der Waals surface area contributed by atoms with Gasteiger partial charge in [0.05, 0.1) is 12.5 Å². The van der Waals surface area contributed by atoms with Gasteiger partial charge in [0.1, 0.15) is 6.17 Å². The molecule has 3 heteroatoms. The van der Waals surface area contributed by atoms with Gasteiger partial charge in [-0.1, -0.05) is 0 Å². The molecule has 0 bridgehead atoms. The molecule has 58 valence electrons. The van der Waals surface area contributed by atoms with Gasteiger partial charge in [-0.05, 0) is 19.8 Å². The van der Waals surface area contributed by atoms with Gasteiger partial charge >= 0.3 is 5.97 Å². The van der Waals surface area contributed by atoms with E-state index in [1.54, 1.807) is 6.92 Å². The molecule has 1 aliphatic rings. The number of rotatable bonds is 2. The molecule has 0 saturated heterocycles. The van der Waals surface area contributed by atoms with Crippen molar-refractivity contribution >= 4 is 5.97 Å². The first kappa shape index (κ1) is 7.51. The number of halogens is 1. The molecular weight excluding hydrogens is 135 g/mol. The van der Waals surface area contributed by atoms with Crippen LogP contribution in [0.1, 0.15) is 19.8 Å². The standard InChI is InChI=1S/C7H11FO2/c1-2-10-7(9)5-3-4-6(5)8/h5-6H,2-4H2,1H3/t5-,6-/m1/s1. The quantitative estimate of drug-likeness (QED) is 0.549. The fraction of sp³-hybridized carbons (Fsp3) is 0.857. The summed E-state index contributed by atoms with van der Waals surface area (Å²) < 4.78 is 17.1. The van der Waals surface area contributed by atoms with E-state index >= 15 is 0 Å². The average Bonchev–Trinajstić information content (AvgIpc) is 1.85. The van der Waals surface area contributed by atoms with Gasteiger partial charge in [0.2, 0.25) is 0 Å². The predicted octanol–water partition coefficient (Wildman–Crippen LogP) is 1.30. The SMILES string of the molecule is CCOC(=O)[C@@H]1CC[C@H]1F. The van der Waals surface area contributed by atoms with E-state index in [1.807, 2.05) is 0 Å². The van der Waals surface area contributed by atoms with Crippen molar-refractivity contribution in [2.45, 2.75) is 25.9 Å². The van der Waals surface area contributed by atoms with Crippen molar-refractivity contribution in [3.63, 3.8) is 0 Å². The number of hydrogen-bond donors (Lipinski definition) is 0. The van der Waals surface area contributed by atoms with Crippen molar-refractivity contribution in [2.24, 2.45) is 5.92 Å². The van der Waals surface area contributed by atoms with Crippen molar-refractivity contribution in [3.8, 4) is 0 Å². The first-order valence-electron chi connectivity index (χ1n) is 3.56. The maximum atomic E-state index is 12.5. The van der Waals surface area contributed by atoms with E-state index in [2.05, 4.69) is 4.74 Å². The van der Waals surface area contributed by atoms with Crippen LogP contribution in [0.5, 0.6) is 0 Å². The Morgan fingerprint density at radius 1 is 1.70 bits per heavy atom. The smallest absolute Gasteiger partial charge is 0.311 e. The lowest BCUT2D eigenvalue weighted by Crippen LogP contribution is -2.35. The van der Waals surface area contributed by atoms with E-state index in [4.69, 9.17) is 0 Å². The maximum absolute atomic E-state index is 12.5. The molecule has 0 radical (unpaired) electrons. The molecule has 1 rings (SSSR count). The van der Waals surface area contributed by atoms with E-state index in [-0.39, 0.29) is 5.97 Å². The summed E-state index contributed by atoms with van der Waals surface area (Å²) >= 11 is 0. The zero-order valence-electron chi connectivity index (χ0n) is 5.97. The minimum atomic E-state index is -0.945. The van der Waals surface area contributed by atoms with Gasteiger partial charge in [-0.25, -0.2) is 4.39 Å². The molecule has 0 unspecified atom stereocenters. The number of hydrogen-bond acceptors (Lipinski definition) is 2. The maximum Gasteiger partial charge on any atom is 0.311 e. The normalized spacial score (nSPS) is 31.0. The molecule has 1 aliphatic carbocycles. The number of carbonyl (C=O) groups excluding carboxylic acids is 1.